The first-order valence-electron chi connectivity index (χ1n) is 11.1. The van der Waals surface area contributed by atoms with E-state index in [0.717, 1.165) is 25.0 Å². The number of hydrogen-bond donors (Lipinski definition) is 3. The number of ether oxygens (including phenoxy) is 4. The first kappa shape index (κ1) is 25.0. The van der Waals surface area contributed by atoms with E-state index in [1.807, 2.05) is 39.0 Å². The first-order chi connectivity index (χ1) is 16.2. The number of amides is 1. The van der Waals surface area contributed by atoms with Gasteiger partial charge in [0, 0.05) is 23.5 Å². The Morgan fingerprint density at radius 3 is 2.56 bits per heavy atom. The van der Waals surface area contributed by atoms with E-state index < -0.39 is 11.7 Å². The van der Waals surface area contributed by atoms with Crippen LogP contribution in [0.2, 0.25) is 0 Å². The second kappa shape index (κ2) is 11.5. The number of carbonyl (C=O) groups excluding carboxylic acids is 1. The van der Waals surface area contributed by atoms with Crippen molar-refractivity contribution in [2.24, 2.45) is 4.99 Å². The molecule has 9 nitrogen and oxygen atoms in total. The van der Waals surface area contributed by atoms with Gasteiger partial charge in [0.25, 0.3) is 0 Å². The lowest BCUT2D eigenvalue weighted by atomic mass is 10.1. The monoisotopic (exact) mass is 468 g/mol. The molecule has 3 rings (SSSR count). The standard InChI is InChI=1S/C25H32N4O5/c1-25(2,3)34-24(30)29-18-7-10-20(11-8-18)32-15-17-14-19(28-23(26)27-4)9-12-22(17)33-21-6-5-13-31-16-21/h7-12,14,21H,4-6,13,15-16H2,1-3H3,(H2,26,28)(H,29,30). The number of carbonyl (C=O) groups is 1. The van der Waals surface area contributed by atoms with Gasteiger partial charge in [0.05, 0.1) is 6.61 Å². The Labute approximate surface area is 200 Å². The van der Waals surface area contributed by atoms with Gasteiger partial charge in [0.15, 0.2) is 0 Å². The maximum absolute atomic E-state index is 11.9. The summed E-state index contributed by atoms with van der Waals surface area (Å²) in [4.78, 5) is 15.5. The fourth-order valence-corrected chi connectivity index (χ4v) is 3.26. The van der Waals surface area contributed by atoms with Crippen LogP contribution < -0.4 is 20.1 Å². The molecule has 34 heavy (non-hydrogen) atoms. The smallest absolute Gasteiger partial charge is 0.412 e. The summed E-state index contributed by atoms with van der Waals surface area (Å²) in [5, 5.41) is 13.3. The molecule has 2 aromatic carbocycles. The predicted octanol–water partition coefficient (Wildman–Crippen LogP) is 5.22. The Kier molecular flexibility index (Phi) is 8.48. The maximum atomic E-state index is 11.9. The molecule has 1 amide bonds. The number of hydrogen-bond acceptors (Lipinski definition) is 6. The van der Waals surface area contributed by atoms with Crippen LogP contribution in [0.3, 0.4) is 0 Å². The van der Waals surface area contributed by atoms with Crippen molar-refractivity contribution < 1.29 is 23.7 Å². The first-order valence-corrected chi connectivity index (χ1v) is 11.1. The maximum Gasteiger partial charge on any atom is 0.412 e. The molecular formula is C25H32N4O5. The predicted molar refractivity (Wildman–Crippen MR) is 132 cm³/mol. The highest BCUT2D eigenvalue weighted by Crippen LogP contribution is 2.28. The summed E-state index contributed by atoms with van der Waals surface area (Å²) in [6.45, 7) is 10.3. The summed E-state index contributed by atoms with van der Waals surface area (Å²) in [7, 11) is 0. The molecule has 0 radical (unpaired) electrons. The summed E-state index contributed by atoms with van der Waals surface area (Å²) in [5.41, 5.74) is 1.52. The van der Waals surface area contributed by atoms with Crippen molar-refractivity contribution in [3.8, 4) is 11.5 Å². The highest BCUT2D eigenvalue weighted by Gasteiger charge is 2.18. The quantitative estimate of drug-likeness (QED) is 0.379. The molecule has 1 aliphatic rings. The molecule has 0 saturated carbocycles. The molecule has 1 atom stereocenters. The highest BCUT2D eigenvalue weighted by molar-refractivity contribution is 5.94. The lowest BCUT2D eigenvalue weighted by Crippen LogP contribution is -2.28. The summed E-state index contributed by atoms with van der Waals surface area (Å²) in [6.07, 6.45) is 1.36. The van der Waals surface area contributed by atoms with Gasteiger partial charge in [-0.2, -0.15) is 0 Å². The van der Waals surface area contributed by atoms with Crippen molar-refractivity contribution in [1.29, 1.82) is 5.41 Å². The molecule has 9 heteroatoms. The molecule has 0 spiro atoms. The molecule has 3 N–H and O–H groups in total. The van der Waals surface area contributed by atoms with Gasteiger partial charge in [-0.15, -0.1) is 0 Å². The fourth-order valence-electron chi connectivity index (χ4n) is 3.26. The van der Waals surface area contributed by atoms with Crippen LogP contribution in [0, 0.1) is 5.41 Å². The average molecular weight is 469 g/mol. The van der Waals surface area contributed by atoms with Gasteiger partial charge in [0.1, 0.15) is 29.8 Å². The van der Waals surface area contributed by atoms with Crippen LogP contribution in [-0.4, -0.2) is 43.7 Å². The fraction of sp³-hybridized carbons (Fsp3) is 0.400. The van der Waals surface area contributed by atoms with E-state index in [1.165, 1.54) is 0 Å². The zero-order chi connectivity index (χ0) is 24.6. The van der Waals surface area contributed by atoms with Crippen LogP contribution in [0.25, 0.3) is 0 Å². The van der Waals surface area contributed by atoms with Gasteiger partial charge in [-0.1, -0.05) is 0 Å². The second-order valence-electron chi connectivity index (χ2n) is 8.85. The van der Waals surface area contributed by atoms with Gasteiger partial charge in [-0.3, -0.25) is 10.7 Å². The third-order valence-corrected chi connectivity index (χ3v) is 4.79. The zero-order valence-electron chi connectivity index (χ0n) is 19.8. The number of anilines is 2. The van der Waals surface area contributed by atoms with Crippen LogP contribution in [-0.2, 0) is 16.1 Å². The van der Waals surface area contributed by atoms with Gasteiger partial charge in [0.2, 0.25) is 5.96 Å². The van der Waals surface area contributed by atoms with Crippen molar-refractivity contribution in [2.75, 3.05) is 23.8 Å². The Morgan fingerprint density at radius 1 is 1.18 bits per heavy atom. The zero-order valence-corrected chi connectivity index (χ0v) is 19.8. The minimum atomic E-state index is -0.569. The third-order valence-electron chi connectivity index (χ3n) is 4.79. The van der Waals surface area contributed by atoms with Crippen LogP contribution in [0.15, 0.2) is 47.5 Å². The van der Waals surface area contributed by atoms with E-state index in [1.54, 1.807) is 24.3 Å². The van der Waals surface area contributed by atoms with Crippen molar-refractivity contribution in [3.63, 3.8) is 0 Å². The molecule has 0 aromatic heterocycles. The topological polar surface area (TPSA) is 114 Å². The van der Waals surface area contributed by atoms with Crippen LogP contribution in [0.1, 0.15) is 39.2 Å². The van der Waals surface area contributed by atoms with Crippen molar-refractivity contribution in [3.05, 3.63) is 48.0 Å². The lowest BCUT2D eigenvalue weighted by Gasteiger charge is -2.25. The molecule has 2 aromatic rings. The molecule has 1 saturated heterocycles. The van der Waals surface area contributed by atoms with E-state index in [-0.39, 0.29) is 18.7 Å². The van der Waals surface area contributed by atoms with E-state index in [9.17, 15) is 4.79 Å². The average Bonchev–Trinajstić information content (AvgIpc) is 2.79. The Hall–Kier alpha value is -3.59. The van der Waals surface area contributed by atoms with Crippen LogP contribution in [0.4, 0.5) is 16.2 Å². The number of nitrogens with one attached hydrogen (secondary N) is 3. The van der Waals surface area contributed by atoms with E-state index in [2.05, 4.69) is 22.3 Å². The number of nitrogens with zero attached hydrogens (tertiary/aromatic N) is 1. The molecule has 182 valence electrons. The minimum Gasteiger partial charge on any atom is -0.489 e. The highest BCUT2D eigenvalue weighted by atomic mass is 16.6. The summed E-state index contributed by atoms with van der Waals surface area (Å²) in [6, 6.07) is 12.5. The van der Waals surface area contributed by atoms with Gasteiger partial charge >= 0.3 is 6.09 Å². The minimum absolute atomic E-state index is 0.0161. The summed E-state index contributed by atoms with van der Waals surface area (Å²) in [5.74, 6) is 1.28. The SMILES string of the molecule is C=NC(=N)Nc1ccc(OC2CCCOC2)c(COc2ccc(NC(=O)OC(C)(C)C)cc2)c1. The third kappa shape index (κ3) is 8.08. The number of guanidine groups is 1. The normalized spacial score (nSPS) is 15.7. The van der Waals surface area contributed by atoms with Crippen LogP contribution in [0.5, 0.6) is 11.5 Å². The Morgan fingerprint density at radius 2 is 1.91 bits per heavy atom. The summed E-state index contributed by atoms with van der Waals surface area (Å²) < 4.78 is 22.9. The van der Waals surface area contributed by atoms with Crippen molar-refractivity contribution >= 4 is 30.1 Å². The van der Waals surface area contributed by atoms with E-state index >= 15 is 0 Å². The molecule has 0 bridgehead atoms. The van der Waals surface area contributed by atoms with Crippen LogP contribution >= 0.6 is 0 Å². The van der Waals surface area contributed by atoms with E-state index in [4.69, 9.17) is 24.4 Å². The molecule has 1 unspecified atom stereocenters. The number of aliphatic imine (C=N–C) groups is 1. The number of rotatable bonds is 7. The molecule has 1 aliphatic heterocycles. The summed E-state index contributed by atoms with van der Waals surface area (Å²) >= 11 is 0. The van der Waals surface area contributed by atoms with E-state index in [0.29, 0.717) is 29.5 Å². The Bertz CT molecular complexity index is 995. The lowest BCUT2D eigenvalue weighted by molar-refractivity contribution is 0.00670. The largest absolute Gasteiger partial charge is 0.489 e. The molecule has 1 heterocycles. The van der Waals surface area contributed by atoms with Crippen molar-refractivity contribution in [2.45, 2.75) is 51.9 Å². The molecule has 1 fully saturated rings. The van der Waals surface area contributed by atoms with Gasteiger partial charge in [-0.25, -0.2) is 9.79 Å². The molecule has 0 aliphatic carbocycles. The van der Waals surface area contributed by atoms with Gasteiger partial charge < -0.3 is 24.3 Å². The second-order valence-corrected chi connectivity index (χ2v) is 8.85. The van der Waals surface area contributed by atoms with Crippen molar-refractivity contribution in [1.82, 2.24) is 0 Å². The Balaban J connectivity index is 1.67. The number of benzene rings is 2. The molecular weight excluding hydrogens is 436 g/mol. The van der Waals surface area contributed by atoms with Gasteiger partial charge in [-0.05, 0) is 82.8 Å².